The van der Waals surface area contributed by atoms with Gasteiger partial charge < -0.3 is 25.3 Å². The Kier molecular flexibility index (Phi) is 5.61. The molecule has 2 aromatic rings. The molecular weight excluding hydrogens is 318 g/mol. The number of aliphatic imine (C=N–C) groups is 1. The summed E-state index contributed by atoms with van der Waals surface area (Å²) in [6, 6.07) is 13.5. The number of hydrogen-bond donors (Lipinski definition) is 2. The second-order valence-electron chi connectivity index (χ2n) is 5.62. The van der Waals surface area contributed by atoms with Crippen molar-refractivity contribution in [1.82, 2.24) is 0 Å². The Morgan fingerprint density at radius 1 is 1.16 bits per heavy atom. The van der Waals surface area contributed by atoms with E-state index in [4.69, 9.17) is 19.9 Å². The molecule has 0 spiro atoms. The molecule has 6 nitrogen and oxygen atoms in total. The minimum absolute atomic E-state index is 0.344. The van der Waals surface area contributed by atoms with E-state index in [0.29, 0.717) is 32.3 Å². The summed E-state index contributed by atoms with van der Waals surface area (Å²) in [5.74, 6) is 2.66. The van der Waals surface area contributed by atoms with Gasteiger partial charge >= 0.3 is 0 Å². The minimum Gasteiger partial charge on any atom is -0.494 e. The average Bonchev–Trinajstić information content (AvgIpc) is 2.86. The SMILES string of the molecule is CCOc1cccc(CN=C(N)Nc2ccc3c(c2)OCCCO3)c1. The summed E-state index contributed by atoms with van der Waals surface area (Å²) in [5.41, 5.74) is 7.84. The Balaban J connectivity index is 1.63. The molecule has 0 saturated heterocycles. The molecule has 6 heteroatoms. The highest BCUT2D eigenvalue weighted by molar-refractivity contribution is 5.92. The number of ether oxygens (including phenoxy) is 3. The first-order chi connectivity index (χ1) is 12.2. The van der Waals surface area contributed by atoms with Gasteiger partial charge in [0.15, 0.2) is 17.5 Å². The van der Waals surface area contributed by atoms with Gasteiger partial charge in [-0.3, -0.25) is 0 Å². The number of hydrogen-bond acceptors (Lipinski definition) is 4. The van der Waals surface area contributed by atoms with E-state index in [-0.39, 0.29) is 0 Å². The van der Waals surface area contributed by atoms with E-state index in [2.05, 4.69) is 10.3 Å². The first kappa shape index (κ1) is 17.0. The molecule has 0 aromatic heterocycles. The molecule has 0 amide bonds. The predicted molar refractivity (Wildman–Crippen MR) is 98.6 cm³/mol. The maximum absolute atomic E-state index is 5.99. The summed E-state index contributed by atoms with van der Waals surface area (Å²) in [4.78, 5) is 4.38. The van der Waals surface area contributed by atoms with Gasteiger partial charge in [-0.05, 0) is 36.8 Å². The van der Waals surface area contributed by atoms with Crippen LogP contribution in [0.4, 0.5) is 5.69 Å². The van der Waals surface area contributed by atoms with Crippen LogP contribution >= 0.6 is 0 Å². The highest BCUT2D eigenvalue weighted by Gasteiger charge is 2.10. The summed E-state index contributed by atoms with van der Waals surface area (Å²) >= 11 is 0. The molecule has 0 saturated carbocycles. The Hall–Kier alpha value is -2.89. The van der Waals surface area contributed by atoms with E-state index in [1.165, 1.54) is 0 Å². The topological polar surface area (TPSA) is 78.1 Å². The lowest BCUT2D eigenvalue weighted by atomic mass is 10.2. The molecule has 0 unspecified atom stereocenters. The van der Waals surface area contributed by atoms with Crippen molar-refractivity contribution in [2.75, 3.05) is 25.1 Å². The fourth-order valence-electron chi connectivity index (χ4n) is 2.51. The zero-order valence-electron chi connectivity index (χ0n) is 14.3. The Morgan fingerprint density at radius 3 is 2.84 bits per heavy atom. The second kappa shape index (κ2) is 8.28. The third-order valence-electron chi connectivity index (χ3n) is 3.66. The maximum Gasteiger partial charge on any atom is 0.193 e. The highest BCUT2D eigenvalue weighted by Crippen LogP contribution is 2.32. The van der Waals surface area contributed by atoms with Crippen LogP contribution < -0.4 is 25.3 Å². The van der Waals surface area contributed by atoms with E-state index in [0.717, 1.165) is 34.9 Å². The van der Waals surface area contributed by atoms with Crippen molar-refractivity contribution in [3.05, 3.63) is 48.0 Å². The van der Waals surface area contributed by atoms with Crippen LogP contribution in [0.5, 0.6) is 17.2 Å². The van der Waals surface area contributed by atoms with Gasteiger partial charge in [-0.25, -0.2) is 4.99 Å². The molecule has 1 aliphatic rings. The smallest absolute Gasteiger partial charge is 0.193 e. The lowest BCUT2D eigenvalue weighted by molar-refractivity contribution is 0.297. The fourth-order valence-corrected chi connectivity index (χ4v) is 2.51. The van der Waals surface area contributed by atoms with Gasteiger partial charge in [0.25, 0.3) is 0 Å². The average molecular weight is 341 g/mol. The van der Waals surface area contributed by atoms with Crippen molar-refractivity contribution < 1.29 is 14.2 Å². The zero-order chi connectivity index (χ0) is 17.5. The molecule has 0 atom stereocenters. The first-order valence-corrected chi connectivity index (χ1v) is 8.43. The quantitative estimate of drug-likeness (QED) is 0.645. The first-order valence-electron chi connectivity index (χ1n) is 8.43. The summed E-state index contributed by atoms with van der Waals surface area (Å²) in [7, 11) is 0. The normalized spacial score (nSPS) is 13.9. The Morgan fingerprint density at radius 2 is 2.00 bits per heavy atom. The summed E-state index contributed by atoms with van der Waals surface area (Å²) < 4.78 is 16.8. The maximum atomic E-state index is 5.99. The van der Waals surface area contributed by atoms with Gasteiger partial charge in [-0.1, -0.05) is 12.1 Å². The van der Waals surface area contributed by atoms with Crippen molar-refractivity contribution in [2.24, 2.45) is 10.7 Å². The van der Waals surface area contributed by atoms with E-state index < -0.39 is 0 Å². The Labute approximate surface area is 147 Å². The van der Waals surface area contributed by atoms with Gasteiger partial charge in [-0.2, -0.15) is 0 Å². The number of benzene rings is 2. The van der Waals surface area contributed by atoms with Crippen LogP contribution in [0.15, 0.2) is 47.5 Å². The largest absolute Gasteiger partial charge is 0.494 e. The second-order valence-corrected chi connectivity index (χ2v) is 5.62. The molecule has 1 heterocycles. The van der Waals surface area contributed by atoms with Gasteiger partial charge in [0.05, 0.1) is 26.4 Å². The standard InChI is InChI=1S/C19H23N3O3/c1-2-23-16-6-3-5-14(11-16)13-21-19(20)22-15-7-8-17-18(12-15)25-10-4-9-24-17/h3,5-8,11-12H,2,4,9-10,13H2,1H3,(H3,20,21,22). The van der Waals surface area contributed by atoms with E-state index >= 15 is 0 Å². The molecule has 3 rings (SSSR count). The predicted octanol–water partition coefficient (Wildman–Crippen LogP) is 3.17. The molecule has 0 radical (unpaired) electrons. The monoisotopic (exact) mass is 341 g/mol. The number of guanidine groups is 1. The van der Waals surface area contributed by atoms with Crippen LogP contribution in [-0.2, 0) is 6.54 Å². The fraction of sp³-hybridized carbons (Fsp3) is 0.316. The number of anilines is 1. The van der Waals surface area contributed by atoms with Gasteiger partial charge in [-0.15, -0.1) is 0 Å². The molecule has 1 aliphatic heterocycles. The molecule has 0 aliphatic carbocycles. The summed E-state index contributed by atoms with van der Waals surface area (Å²) in [5, 5.41) is 3.08. The van der Waals surface area contributed by atoms with E-state index in [9.17, 15) is 0 Å². The third kappa shape index (κ3) is 4.79. The number of nitrogens with two attached hydrogens (primary N) is 1. The number of nitrogens with one attached hydrogen (secondary N) is 1. The van der Waals surface area contributed by atoms with Crippen LogP contribution in [0.2, 0.25) is 0 Å². The molecule has 2 aromatic carbocycles. The van der Waals surface area contributed by atoms with Crippen molar-refractivity contribution >= 4 is 11.6 Å². The van der Waals surface area contributed by atoms with Crippen LogP contribution in [0, 0.1) is 0 Å². The van der Waals surface area contributed by atoms with Crippen LogP contribution in [-0.4, -0.2) is 25.8 Å². The summed E-state index contributed by atoms with van der Waals surface area (Å²) in [6.07, 6.45) is 0.877. The van der Waals surface area contributed by atoms with Gasteiger partial charge in [0.1, 0.15) is 5.75 Å². The van der Waals surface area contributed by atoms with Crippen molar-refractivity contribution in [1.29, 1.82) is 0 Å². The van der Waals surface area contributed by atoms with Crippen molar-refractivity contribution in [2.45, 2.75) is 19.9 Å². The van der Waals surface area contributed by atoms with Gasteiger partial charge in [0.2, 0.25) is 0 Å². The van der Waals surface area contributed by atoms with Crippen LogP contribution in [0.1, 0.15) is 18.9 Å². The highest BCUT2D eigenvalue weighted by atomic mass is 16.5. The molecule has 0 bridgehead atoms. The van der Waals surface area contributed by atoms with Crippen molar-refractivity contribution in [3.8, 4) is 17.2 Å². The van der Waals surface area contributed by atoms with E-state index in [1.807, 2.05) is 49.4 Å². The molecule has 3 N–H and O–H groups in total. The molecule has 25 heavy (non-hydrogen) atoms. The Bertz CT molecular complexity index is 746. The molecule has 0 fully saturated rings. The molecule has 132 valence electrons. The molecular formula is C19H23N3O3. The van der Waals surface area contributed by atoms with Gasteiger partial charge in [0, 0.05) is 18.2 Å². The lowest BCUT2D eigenvalue weighted by Crippen LogP contribution is -2.22. The third-order valence-corrected chi connectivity index (χ3v) is 3.66. The summed E-state index contributed by atoms with van der Waals surface area (Å²) in [6.45, 7) is 4.40. The minimum atomic E-state index is 0.344. The number of fused-ring (bicyclic) bond motifs is 1. The van der Waals surface area contributed by atoms with E-state index in [1.54, 1.807) is 0 Å². The number of rotatable bonds is 5. The number of nitrogens with zero attached hydrogens (tertiary/aromatic N) is 1. The van der Waals surface area contributed by atoms with Crippen molar-refractivity contribution in [3.63, 3.8) is 0 Å². The van der Waals surface area contributed by atoms with Crippen LogP contribution in [0.3, 0.4) is 0 Å². The van der Waals surface area contributed by atoms with Crippen LogP contribution in [0.25, 0.3) is 0 Å². The zero-order valence-corrected chi connectivity index (χ0v) is 14.3. The lowest BCUT2D eigenvalue weighted by Gasteiger charge is -2.11.